The molecular formula is C20H20O6. The van der Waals surface area contributed by atoms with Gasteiger partial charge in [-0.25, -0.2) is 0 Å². The predicted molar refractivity (Wildman–Crippen MR) is 96.9 cm³/mol. The average molecular weight is 356 g/mol. The van der Waals surface area contributed by atoms with E-state index in [0.717, 1.165) is 5.56 Å². The number of Topliss-reactive ketones (excluding diaryl/α,β-unsaturated/α-hetero) is 1. The van der Waals surface area contributed by atoms with Crippen LogP contribution in [0.15, 0.2) is 35.9 Å². The Labute approximate surface area is 151 Å². The summed E-state index contributed by atoms with van der Waals surface area (Å²) < 4.78 is 26.9. The Morgan fingerprint density at radius 2 is 1.62 bits per heavy atom. The minimum Gasteiger partial charge on any atom is -0.497 e. The third kappa shape index (κ3) is 3.18. The summed E-state index contributed by atoms with van der Waals surface area (Å²) in [6, 6.07) is 8.74. The van der Waals surface area contributed by atoms with E-state index in [4.69, 9.17) is 23.7 Å². The summed E-state index contributed by atoms with van der Waals surface area (Å²) in [4.78, 5) is 12.8. The molecule has 1 aliphatic heterocycles. The summed E-state index contributed by atoms with van der Waals surface area (Å²) in [5.74, 6) is 2.60. The van der Waals surface area contributed by atoms with Crippen molar-refractivity contribution in [3.8, 4) is 28.7 Å². The fourth-order valence-electron chi connectivity index (χ4n) is 2.83. The number of hydrogen-bond acceptors (Lipinski definition) is 6. The highest BCUT2D eigenvalue weighted by Crippen LogP contribution is 2.39. The van der Waals surface area contributed by atoms with E-state index < -0.39 is 0 Å². The van der Waals surface area contributed by atoms with Gasteiger partial charge < -0.3 is 23.7 Å². The SMILES string of the molecule is COc1ccc2c(c1)C(=O)/C(=C/c1cc(OC)c(OC)c(OC)c1)CO2. The quantitative estimate of drug-likeness (QED) is 0.766. The standard InChI is InChI=1S/C20H20O6/c1-22-14-5-6-16-15(10-14)19(21)13(11-26-16)7-12-8-17(23-2)20(25-4)18(9-12)24-3/h5-10H,11H2,1-4H3/b13-7+. The molecule has 6 heteroatoms. The first-order valence-electron chi connectivity index (χ1n) is 7.97. The zero-order valence-corrected chi connectivity index (χ0v) is 15.1. The highest BCUT2D eigenvalue weighted by molar-refractivity contribution is 6.14. The molecule has 0 amide bonds. The van der Waals surface area contributed by atoms with Crippen molar-refractivity contribution in [1.82, 2.24) is 0 Å². The van der Waals surface area contributed by atoms with Gasteiger partial charge in [-0.1, -0.05) is 0 Å². The second-order valence-electron chi connectivity index (χ2n) is 5.61. The molecule has 0 aliphatic carbocycles. The molecule has 3 rings (SSSR count). The molecule has 0 bridgehead atoms. The van der Waals surface area contributed by atoms with Gasteiger partial charge in [0.1, 0.15) is 18.1 Å². The molecule has 26 heavy (non-hydrogen) atoms. The van der Waals surface area contributed by atoms with Crippen molar-refractivity contribution in [2.24, 2.45) is 0 Å². The van der Waals surface area contributed by atoms with Gasteiger partial charge >= 0.3 is 0 Å². The summed E-state index contributed by atoms with van der Waals surface area (Å²) in [6.07, 6.45) is 1.76. The Morgan fingerprint density at radius 3 is 2.19 bits per heavy atom. The maximum atomic E-state index is 12.8. The first kappa shape index (κ1) is 17.7. The molecule has 0 saturated heterocycles. The topological polar surface area (TPSA) is 63.2 Å². The van der Waals surface area contributed by atoms with Crippen LogP contribution in [0.3, 0.4) is 0 Å². The Morgan fingerprint density at radius 1 is 0.923 bits per heavy atom. The summed E-state index contributed by atoms with van der Waals surface area (Å²) >= 11 is 0. The lowest BCUT2D eigenvalue weighted by Gasteiger charge is -2.19. The van der Waals surface area contributed by atoms with Crippen LogP contribution in [0.1, 0.15) is 15.9 Å². The van der Waals surface area contributed by atoms with Crippen LogP contribution in [0.5, 0.6) is 28.7 Å². The molecule has 0 aromatic heterocycles. The monoisotopic (exact) mass is 356 g/mol. The zero-order chi connectivity index (χ0) is 18.7. The number of benzene rings is 2. The van der Waals surface area contributed by atoms with Crippen LogP contribution in [0.2, 0.25) is 0 Å². The molecule has 0 atom stereocenters. The molecule has 1 heterocycles. The molecular weight excluding hydrogens is 336 g/mol. The number of methoxy groups -OCH3 is 4. The van der Waals surface area contributed by atoms with Gasteiger partial charge in [0.05, 0.1) is 34.0 Å². The predicted octanol–water partition coefficient (Wildman–Crippen LogP) is 3.38. The van der Waals surface area contributed by atoms with E-state index in [1.165, 1.54) is 0 Å². The minimum absolute atomic E-state index is 0.0982. The van der Waals surface area contributed by atoms with Gasteiger partial charge in [0.15, 0.2) is 17.3 Å². The maximum Gasteiger partial charge on any atom is 0.203 e. The van der Waals surface area contributed by atoms with Crippen molar-refractivity contribution in [3.63, 3.8) is 0 Å². The third-order valence-electron chi connectivity index (χ3n) is 4.13. The summed E-state index contributed by atoms with van der Waals surface area (Å²) in [6.45, 7) is 0.189. The normalized spacial score (nSPS) is 14.5. The largest absolute Gasteiger partial charge is 0.497 e. The summed E-state index contributed by atoms with van der Waals surface area (Å²) in [5.41, 5.74) is 1.76. The second-order valence-corrected chi connectivity index (χ2v) is 5.61. The lowest BCUT2D eigenvalue weighted by molar-refractivity contribution is 0.100. The van der Waals surface area contributed by atoms with Crippen LogP contribution in [-0.4, -0.2) is 40.8 Å². The molecule has 6 nitrogen and oxygen atoms in total. The average Bonchev–Trinajstić information content (AvgIpc) is 2.69. The van der Waals surface area contributed by atoms with E-state index in [-0.39, 0.29) is 12.4 Å². The Kier molecular flexibility index (Phi) is 5.02. The fraction of sp³-hybridized carbons (Fsp3) is 0.250. The van der Waals surface area contributed by atoms with Crippen molar-refractivity contribution in [2.75, 3.05) is 35.0 Å². The van der Waals surface area contributed by atoms with Crippen LogP contribution < -0.4 is 23.7 Å². The molecule has 2 aromatic carbocycles. The van der Waals surface area contributed by atoms with Crippen molar-refractivity contribution in [2.45, 2.75) is 0 Å². The maximum absolute atomic E-state index is 12.8. The number of carbonyl (C=O) groups is 1. The van der Waals surface area contributed by atoms with Gasteiger partial charge in [-0.05, 0) is 42.0 Å². The number of rotatable bonds is 5. The Balaban J connectivity index is 2.01. The van der Waals surface area contributed by atoms with Gasteiger partial charge in [-0.2, -0.15) is 0 Å². The van der Waals surface area contributed by atoms with Crippen LogP contribution in [-0.2, 0) is 0 Å². The van der Waals surface area contributed by atoms with Crippen LogP contribution >= 0.6 is 0 Å². The molecule has 1 aliphatic rings. The van der Waals surface area contributed by atoms with Gasteiger partial charge in [0.2, 0.25) is 5.75 Å². The first-order chi connectivity index (χ1) is 12.6. The van der Waals surface area contributed by atoms with E-state index in [2.05, 4.69) is 0 Å². The molecule has 0 N–H and O–H groups in total. The Hall–Kier alpha value is -3.15. The minimum atomic E-state index is -0.0982. The van der Waals surface area contributed by atoms with E-state index in [1.54, 1.807) is 64.8 Å². The molecule has 0 radical (unpaired) electrons. The van der Waals surface area contributed by atoms with E-state index >= 15 is 0 Å². The molecule has 0 saturated carbocycles. The fourth-order valence-corrected chi connectivity index (χ4v) is 2.83. The molecule has 2 aromatic rings. The van der Waals surface area contributed by atoms with Crippen molar-refractivity contribution in [1.29, 1.82) is 0 Å². The molecule has 0 unspecified atom stereocenters. The van der Waals surface area contributed by atoms with E-state index in [1.807, 2.05) is 0 Å². The molecule has 0 spiro atoms. The van der Waals surface area contributed by atoms with Gasteiger partial charge in [0.25, 0.3) is 0 Å². The first-order valence-corrected chi connectivity index (χ1v) is 7.97. The van der Waals surface area contributed by atoms with Crippen LogP contribution in [0.25, 0.3) is 6.08 Å². The number of ether oxygens (including phenoxy) is 5. The second kappa shape index (κ2) is 7.39. The number of fused-ring (bicyclic) bond motifs is 1. The van der Waals surface area contributed by atoms with Gasteiger partial charge in [-0.15, -0.1) is 0 Å². The summed E-state index contributed by atoms with van der Waals surface area (Å²) in [5, 5.41) is 0. The lowest BCUT2D eigenvalue weighted by atomic mass is 9.98. The molecule has 136 valence electrons. The molecule has 0 fully saturated rings. The van der Waals surface area contributed by atoms with Crippen molar-refractivity contribution < 1.29 is 28.5 Å². The van der Waals surface area contributed by atoms with E-state index in [9.17, 15) is 4.79 Å². The highest BCUT2D eigenvalue weighted by Gasteiger charge is 2.24. The number of carbonyl (C=O) groups excluding carboxylic acids is 1. The van der Waals surface area contributed by atoms with Crippen molar-refractivity contribution >= 4 is 11.9 Å². The lowest BCUT2D eigenvalue weighted by Crippen LogP contribution is -2.19. The highest BCUT2D eigenvalue weighted by atomic mass is 16.5. The van der Waals surface area contributed by atoms with Crippen LogP contribution in [0, 0.1) is 0 Å². The van der Waals surface area contributed by atoms with Gasteiger partial charge in [-0.3, -0.25) is 4.79 Å². The van der Waals surface area contributed by atoms with Crippen LogP contribution in [0.4, 0.5) is 0 Å². The smallest absolute Gasteiger partial charge is 0.203 e. The van der Waals surface area contributed by atoms with Gasteiger partial charge in [0, 0.05) is 5.57 Å². The number of hydrogen-bond donors (Lipinski definition) is 0. The zero-order valence-electron chi connectivity index (χ0n) is 15.1. The van der Waals surface area contributed by atoms with Crippen molar-refractivity contribution in [3.05, 3.63) is 47.0 Å². The Bertz CT molecular complexity index is 844. The summed E-state index contributed by atoms with van der Waals surface area (Å²) in [7, 11) is 6.20. The number of ketones is 1. The van der Waals surface area contributed by atoms with E-state index in [0.29, 0.717) is 39.9 Å². The third-order valence-corrected chi connectivity index (χ3v) is 4.13.